The minimum Gasteiger partial charge on any atom is -0.434 e. The number of nitrogens with one attached hydrogen (secondary N) is 1. The van der Waals surface area contributed by atoms with E-state index in [2.05, 4.69) is 44.7 Å². The largest absolute Gasteiger partial charge is 0.434 e. The Morgan fingerprint density at radius 1 is 1.29 bits per heavy atom. The van der Waals surface area contributed by atoms with E-state index in [1.54, 1.807) is 18.2 Å². The lowest BCUT2D eigenvalue weighted by Crippen LogP contribution is -2.41. The second-order valence-electron chi connectivity index (χ2n) is 5.62. The maximum absolute atomic E-state index is 12.4. The molecule has 0 radical (unpaired) electrons. The van der Waals surface area contributed by atoms with Crippen molar-refractivity contribution in [2.24, 2.45) is 5.92 Å². The van der Waals surface area contributed by atoms with Crippen LogP contribution in [0.25, 0.3) is 0 Å². The van der Waals surface area contributed by atoms with Gasteiger partial charge in [0.05, 0.1) is 0 Å². The Kier molecular flexibility index (Phi) is 7.56. The number of halogens is 3. The molecule has 0 amide bonds. The molecule has 1 aromatic rings. The fraction of sp³-hybridized carbons (Fsp3) is 0.600. The maximum atomic E-state index is 12.4. The van der Waals surface area contributed by atoms with Crippen molar-refractivity contribution in [1.29, 1.82) is 0 Å². The molecule has 0 aliphatic carbocycles. The van der Waals surface area contributed by atoms with Gasteiger partial charge in [0.2, 0.25) is 0 Å². The Bertz CT molecular complexity index is 442. The van der Waals surface area contributed by atoms with Gasteiger partial charge in [0.15, 0.2) is 0 Å². The minimum atomic E-state index is -2.81. The highest BCUT2D eigenvalue weighted by molar-refractivity contribution is 9.10. The predicted octanol–water partition coefficient (Wildman–Crippen LogP) is 3.73. The van der Waals surface area contributed by atoms with Gasteiger partial charge in [-0.25, -0.2) is 0 Å². The van der Waals surface area contributed by atoms with E-state index in [1.807, 2.05) is 14.1 Å². The molecule has 1 atom stereocenters. The van der Waals surface area contributed by atoms with Crippen LogP contribution in [-0.4, -0.2) is 38.2 Å². The Balaban J connectivity index is 2.78. The zero-order valence-electron chi connectivity index (χ0n) is 12.9. The van der Waals surface area contributed by atoms with Crippen molar-refractivity contribution in [2.75, 3.05) is 20.6 Å². The first-order valence-electron chi connectivity index (χ1n) is 6.91. The topological polar surface area (TPSA) is 24.5 Å². The Hall–Kier alpha value is -0.720. The number of likely N-dealkylation sites (N-methyl/N-ethyl adjacent to an activating group) is 1. The summed E-state index contributed by atoms with van der Waals surface area (Å²) in [6.07, 6.45) is 0. The molecule has 0 saturated heterocycles. The van der Waals surface area contributed by atoms with Crippen molar-refractivity contribution in [3.63, 3.8) is 0 Å². The average molecular weight is 365 g/mol. The first-order valence-corrected chi connectivity index (χ1v) is 7.70. The zero-order valence-corrected chi connectivity index (χ0v) is 14.5. The second-order valence-corrected chi connectivity index (χ2v) is 6.54. The fourth-order valence-corrected chi connectivity index (χ4v) is 2.45. The summed E-state index contributed by atoms with van der Waals surface area (Å²) in [5, 5.41) is 3.42. The molecule has 0 heterocycles. The van der Waals surface area contributed by atoms with Crippen molar-refractivity contribution in [1.82, 2.24) is 10.2 Å². The number of rotatable bonds is 8. The predicted molar refractivity (Wildman–Crippen MR) is 84.8 cm³/mol. The minimum absolute atomic E-state index is 0.216. The second kappa shape index (κ2) is 8.66. The van der Waals surface area contributed by atoms with E-state index in [0.717, 1.165) is 11.0 Å². The summed E-state index contributed by atoms with van der Waals surface area (Å²) >= 11 is 3.36. The molecule has 0 bridgehead atoms. The molecule has 1 rings (SSSR count). The van der Waals surface area contributed by atoms with E-state index in [4.69, 9.17) is 0 Å². The summed E-state index contributed by atoms with van der Waals surface area (Å²) in [7, 11) is 4.03. The zero-order chi connectivity index (χ0) is 16.0. The summed E-state index contributed by atoms with van der Waals surface area (Å²) in [6, 6.07) is 5.33. The molecule has 0 fully saturated rings. The van der Waals surface area contributed by atoms with Crippen LogP contribution in [0.4, 0.5) is 8.78 Å². The van der Waals surface area contributed by atoms with Gasteiger partial charge in [-0.1, -0.05) is 29.8 Å². The molecule has 0 saturated carbocycles. The third kappa shape index (κ3) is 6.72. The molecule has 0 spiro atoms. The van der Waals surface area contributed by atoms with Gasteiger partial charge in [0.1, 0.15) is 5.75 Å². The molecule has 120 valence electrons. The SMILES string of the molecule is CC(C)C(CN(C)C)NCc1cc(Br)ccc1OC(F)F. The molecule has 1 unspecified atom stereocenters. The first kappa shape index (κ1) is 18.3. The fourth-order valence-electron chi connectivity index (χ4n) is 2.04. The van der Waals surface area contributed by atoms with Crippen LogP contribution >= 0.6 is 15.9 Å². The average Bonchev–Trinajstić information content (AvgIpc) is 2.36. The van der Waals surface area contributed by atoms with Crippen LogP contribution in [0, 0.1) is 5.92 Å². The van der Waals surface area contributed by atoms with Crippen molar-refractivity contribution >= 4 is 15.9 Å². The Labute approximate surface area is 133 Å². The van der Waals surface area contributed by atoms with E-state index in [0.29, 0.717) is 18.0 Å². The van der Waals surface area contributed by atoms with Crippen LogP contribution in [0.2, 0.25) is 0 Å². The molecule has 0 aliphatic heterocycles. The van der Waals surface area contributed by atoms with Crippen molar-refractivity contribution in [3.8, 4) is 5.75 Å². The third-order valence-electron chi connectivity index (χ3n) is 3.16. The number of alkyl halides is 2. The van der Waals surface area contributed by atoms with E-state index < -0.39 is 6.61 Å². The van der Waals surface area contributed by atoms with Crippen LogP contribution < -0.4 is 10.1 Å². The molecular formula is C15H23BrF2N2O. The first-order chi connectivity index (χ1) is 9.79. The summed E-state index contributed by atoms with van der Waals surface area (Å²) < 4.78 is 30.3. The van der Waals surface area contributed by atoms with E-state index >= 15 is 0 Å². The quantitative estimate of drug-likeness (QED) is 0.760. The summed E-state index contributed by atoms with van der Waals surface area (Å²) in [4.78, 5) is 2.11. The highest BCUT2D eigenvalue weighted by atomic mass is 79.9. The molecule has 0 aromatic heterocycles. The van der Waals surface area contributed by atoms with Gasteiger partial charge in [-0.2, -0.15) is 8.78 Å². The van der Waals surface area contributed by atoms with Gasteiger partial charge in [-0.15, -0.1) is 0 Å². The Morgan fingerprint density at radius 3 is 2.48 bits per heavy atom. The van der Waals surface area contributed by atoms with Crippen LogP contribution in [0.15, 0.2) is 22.7 Å². The summed E-state index contributed by atoms with van der Waals surface area (Å²) in [5.41, 5.74) is 0.717. The van der Waals surface area contributed by atoms with Gasteiger partial charge in [-0.3, -0.25) is 0 Å². The molecular weight excluding hydrogens is 342 g/mol. The molecule has 6 heteroatoms. The molecule has 1 N–H and O–H groups in total. The van der Waals surface area contributed by atoms with E-state index in [9.17, 15) is 8.78 Å². The standard InChI is InChI=1S/C15H23BrF2N2O/c1-10(2)13(9-20(3)4)19-8-11-7-12(16)5-6-14(11)21-15(17)18/h5-7,10,13,15,19H,8-9H2,1-4H3. The molecule has 1 aromatic carbocycles. The highest BCUT2D eigenvalue weighted by Crippen LogP contribution is 2.25. The van der Waals surface area contributed by atoms with Gasteiger partial charge in [0, 0.05) is 29.2 Å². The smallest absolute Gasteiger partial charge is 0.387 e. The lowest BCUT2D eigenvalue weighted by Gasteiger charge is -2.26. The normalized spacial score (nSPS) is 13.2. The summed E-state index contributed by atoms with van der Waals surface area (Å²) in [5.74, 6) is 0.659. The highest BCUT2D eigenvalue weighted by Gasteiger charge is 2.16. The van der Waals surface area contributed by atoms with Crippen LogP contribution in [0.5, 0.6) is 5.75 Å². The van der Waals surface area contributed by atoms with Crippen LogP contribution in [0.1, 0.15) is 19.4 Å². The lowest BCUT2D eigenvalue weighted by atomic mass is 10.0. The Morgan fingerprint density at radius 2 is 1.95 bits per heavy atom. The van der Waals surface area contributed by atoms with Gasteiger partial charge < -0.3 is 15.0 Å². The van der Waals surface area contributed by atoms with Gasteiger partial charge >= 0.3 is 6.61 Å². The number of ether oxygens (including phenoxy) is 1. The molecule has 0 aliphatic rings. The van der Waals surface area contributed by atoms with Gasteiger partial charge in [-0.05, 0) is 38.2 Å². The summed E-state index contributed by atoms with van der Waals surface area (Å²) in [6.45, 7) is 2.83. The number of hydrogen-bond donors (Lipinski definition) is 1. The number of benzene rings is 1. The van der Waals surface area contributed by atoms with Gasteiger partial charge in [0.25, 0.3) is 0 Å². The van der Waals surface area contributed by atoms with Crippen molar-refractivity contribution in [3.05, 3.63) is 28.2 Å². The van der Waals surface area contributed by atoms with Crippen molar-refractivity contribution in [2.45, 2.75) is 33.0 Å². The van der Waals surface area contributed by atoms with Crippen LogP contribution in [0.3, 0.4) is 0 Å². The monoisotopic (exact) mass is 364 g/mol. The van der Waals surface area contributed by atoms with Crippen LogP contribution in [-0.2, 0) is 6.54 Å². The van der Waals surface area contributed by atoms with E-state index in [-0.39, 0.29) is 11.8 Å². The molecule has 21 heavy (non-hydrogen) atoms. The number of nitrogens with zero attached hydrogens (tertiary/aromatic N) is 1. The maximum Gasteiger partial charge on any atom is 0.387 e. The number of hydrogen-bond acceptors (Lipinski definition) is 3. The third-order valence-corrected chi connectivity index (χ3v) is 3.65. The van der Waals surface area contributed by atoms with Crippen molar-refractivity contribution < 1.29 is 13.5 Å². The lowest BCUT2D eigenvalue weighted by molar-refractivity contribution is -0.0505. The molecule has 3 nitrogen and oxygen atoms in total. The van der Waals surface area contributed by atoms with E-state index in [1.165, 1.54) is 0 Å².